The molecule has 1 fully saturated rings. The van der Waals surface area contributed by atoms with Gasteiger partial charge in [-0.3, -0.25) is 9.59 Å². The van der Waals surface area contributed by atoms with Crippen LogP contribution in [0, 0.1) is 0 Å². The fraction of sp³-hybridized carbons (Fsp3) is 0.467. The quantitative estimate of drug-likeness (QED) is 0.904. The van der Waals surface area contributed by atoms with E-state index in [4.69, 9.17) is 4.74 Å². The molecule has 1 aliphatic heterocycles. The largest absolute Gasteiger partial charge is 0.496 e. The molecule has 0 spiro atoms. The monoisotopic (exact) mass is 354 g/mol. The summed E-state index contributed by atoms with van der Waals surface area (Å²) in [7, 11) is 1.56. The Balaban J connectivity index is 2.03. The summed E-state index contributed by atoms with van der Waals surface area (Å²) in [5, 5.41) is 2.90. The number of amides is 2. The average Bonchev–Trinajstić information content (AvgIpc) is 2.46. The number of hydrogen-bond donors (Lipinski definition) is 1. The molecule has 2 amide bonds. The summed E-state index contributed by atoms with van der Waals surface area (Å²) in [6.07, 6.45) is 1.56. The first-order chi connectivity index (χ1) is 10.0. The van der Waals surface area contributed by atoms with E-state index in [2.05, 4.69) is 21.2 Å². The van der Waals surface area contributed by atoms with Gasteiger partial charge in [-0.05, 0) is 31.0 Å². The van der Waals surface area contributed by atoms with Crippen LogP contribution in [0.5, 0.6) is 5.75 Å². The number of nitrogens with one attached hydrogen (secondary N) is 1. The molecule has 114 valence electrons. The first-order valence-corrected chi connectivity index (χ1v) is 7.70. The van der Waals surface area contributed by atoms with Crippen molar-refractivity contribution in [1.82, 2.24) is 10.2 Å². The highest BCUT2D eigenvalue weighted by molar-refractivity contribution is 9.10. The van der Waals surface area contributed by atoms with Gasteiger partial charge in [0.2, 0.25) is 5.91 Å². The van der Waals surface area contributed by atoms with Crippen molar-refractivity contribution in [1.29, 1.82) is 0 Å². The van der Waals surface area contributed by atoms with Crippen LogP contribution < -0.4 is 10.1 Å². The Kier molecular flexibility index (Phi) is 5.22. The summed E-state index contributed by atoms with van der Waals surface area (Å²) < 4.78 is 6.15. The summed E-state index contributed by atoms with van der Waals surface area (Å²) >= 11 is 3.37. The predicted octanol–water partition coefficient (Wildman–Crippen LogP) is 2.20. The van der Waals surface area contributed by atoms with Gasteiger partial charge in [0.1, 0.15) is 5.75 Å². The minimum atomic E-state index is -0.0272. The molecule has 0 bridgehead atoms. The Bertz CT molecular complexity index is 540. The normalized spacial score (nSPS) is 15.7. The number of hydrogen-bond acceptors (Lipinski definition) is 3. The Morgan fingerprint density at radius 2 is 2.00 bits per heavy atom. The molecule has 0 unspecified atom stereocenters. The SMILES string of the molecule is COc1cc(Br)ccc1C(=O)N1CCC(NC(C)=O)CC1. The van der Waals surface area contributed by atoms with E-state index in [9.17, 15) is 9.59 Å². The number of likely N-dealkylation sites (tertiary alicyclic amines) is 1. The van der Waals surface area contributed by atoms with Crippen molar-refractivity contribution in [3.8, 4) is 5.75 Å². The van der Waals surface area contributed by atoms with E-state index in [-0.39, 0.29) is 17.9 Å². The van der Waals surface area contributed by atoms with Crippen molar-refractivity contribution < 1.29 is 14.3 Å². The molecule has 0 aromatic heterocycles. The molecule has 0 saturated carbocycles. The second-order valence-corrected chi connectivity index (χ2v) is 6.03. The third kappa shape index (κ3) is 3.97. The first kappa shape index (κ1) is 15.8. The number of halogens is 1. The minimum Gasteiger partial charge on any atom is -0.496 e. The lowest BCUT2D eigenvalue weighted by Gasteiger charge is -2.32. The highest BCUT2D eigenvalue weighted by Crippen LogP contribution is 2.25. The van der Waals surface area contributed by atoms with Gasteiger partial charge in [0.25, 0.3) is 5.91 Å². The van der Waals surface area contributed by atoms with Gasteiger partial charge in [-0.1, -0.05) is 15.9 Å². The third-order valence-corrected chi connectivity index (χ3v) is 4.08. The second-order valence-electron chi connectivity index (χ2n) is 5.11. The van der Waals surface area contributed by atoms with Crippen molar-refractivity contribution in [2.45, 2.75) is 25.8 Å². The molecule has 21 heavy (non-hydrogen) atoms. The standard InChI is InChI=1S/C15H19BrN2O3/c1-10(19)17-12-5-7-18(8-6-12)15(20)13-4-3-11(16)9-14(13)21-2/h3-4,9,12H,5-8H2,1-2H3,(H,17,19). The number of methoxy groups -OCH3 is 1. The zero-order chi connectivity index (χ0) is 15.4. The van der Waals surface area contributed by atoms with E-state index in [0.717, 1.165) is 17.3 Å². The van der Waals surface area contributed by atoms with E-state index < -0.39 is 0 Å². The number of rotatable bonds is 3. The summed E-state index contributed by atoms with van der Waals surface area (Å²) in [4.78, 5) is 25.4. The van der Waals surface area contributed by atoms with E-state index in [1.165, 1.54) is 6.92 Å². The number of nitrogens with zero attached hydrogens (tertiary/aromatic N) is 1. The fourth-order valence-corrected chi connectivity index (χ4v) is 2.87. The van der Waals surface area contributed by atoms with Gasteiger partial charge in [0, 0.05) is 30.5 Å². The Morgan fingerprint density at radius 3 is 2.57 bits per heavy atom. The molecule has 0 atom stereocenters. The lowest BCUT2D eigenvalue weighted by atomic mass is 10.0. The molecule has 1 aliphatic rings. The van der Waals surface area contributed by atoms with Gasteiger partial charge < -0.3 is 15.0 Å². The van der Waals surface area contributed by atoms with Crippen molar-refractivity contribution in [2.24, 2.45) is 0 Å². The van der Waals surface area contributed by atoms with E-state index >= 15 is 0 Å². The predicted molar refractivity (Wildman–Crippen MR) is 83.4 cm³/mol. The Hall–Kier alpha value is -1.56. The molecule has 1 N–H and O–H groups in total. The van der Waals surface area contributed by atoms with Crippen molar-refractivity contribution in [3.63, 3.8) is 0 Å². The van der Waals surface area contributed by atoms with Gasteiger partial charge in [0.15, 0.2) is 0 Å². The highest BCUT2D eigenvalue weighted by atomic mass is 79.9. The van der Waals surface area contributed by atoms with Crippen molar-refractivity contribution in [3.05, 3.63) is 28.2 Å². The lowest BCUT2D eigenvalue weighted by Crippen LogP contribution is -2.46. The van der Waals surface area contributed by atoms with Crippen molar-refractivity contribution in [2.75, 3.05) is 20.2 Å². The van der Waals surface area contributed by atoms with E-state index in [0.29, 0.717) is 24.4 Å². The summed E-state index contributed by atoms with van der Waals surface area (Å²) in [5.41, 5.74) is 0.568. The zero-order valence-corrected chi connectivity index (χ0v) is 13.8. The minimum absolute atomic E-state index is 0.0191. The maximum atomic E-state index is 12.6. The number of carbonyl (C=O) groups excluding carboxylic acids is 2. The molecule has 6 heteroatoms. The maximum absolute atomic E-state index is 12.6. The number of piperidine rings is 1. The number of benzene rings is 1. The highest BCUT2D eigenvalue weighted by Gasteiger charge is 2.25. The van der Waals surface area contributed by atoms with Crippen molar-refractivity contribution >= 4 is 27.7 Å². The van der Waals surface area contributed by atoms with Crippen LogP contribution in [0.25, 0.3) is 0 Å². The van der Waals surface area contributed by atoms with Gasteiger partial charge in [-0.25, -0.2) is 0 Å². The zero-order valence-electron chi connectivity index (χ0n) is 12.2. The number of ether oxygens (including phenoxy) is 1. The maximum Gasteiger partial charge on any atom is 0.257 e. The van der Waals surface area contributed by atoms with Crippen LogP contribution in [0.3, 0.4) is 0 Å². The molecular weight excluding hydrogens is 336 g/mol. The summed E-state index contributed by atoms with van der Waals surface area (Å²) in [5.74, 6) is 0.522. The van der Waals surface area contributed by atoms with E-state index in [1.54, 1.807) is 19.2 Å². The van der Waals surface area contributed by atoms with Crippen LogP contribution in [-0.4, -0.2) is 43.0 Å². The molecule has 2 rings (SSSR count). The molecule has 0 aliphatic carbocycles. The molecule has 1 aromatic carbocycles. The van der Waals surface area contributed by atoms with Crippen LogP contribution in [0.15, 0.2) is 22.7 Å². The molecule has 5 nitrogen and oxygen atoms in total. The third-order valence-electron chi connectivity index (χ3n) is 3.58. The Labute approximate surface area is 132 Å². The number of carbonyl (C=O) groups is 2. The molecule has 1 aromatic rings. The topological polar surface area (TPSA) is 58.6 Å². The van der Waals surface area contributed by atoms with Crippen LogP contribution >= 0.6 is 15.9 Å². The molecule has 1 heterocycles. The van der Waals surface area contributed by atoms with Crippen LogP contribution in [-0.2, 0) is 4.79 Å². The van der Waals surface area contributed by atoms with Gasteiger partial charge in [-0.15, -0.1) is 0 Å². The summed E-state index contributed by atoms with van der Waals surface area (Å²) in [6, 6.07) is 5.56. The van der Waals surface area contributed by atoms with Gasteiger partial charge >= 0.3 is 0 Å². The molecule has 0 radical (unpaired) electrons. The van der Waals surface area contributed by atoms with Crippen LogP contribution in [0.4, 0.5) is 0 Å². The smallest absolute Gasteiger partial charge is 0.257 e. The van der Waals surface area contributed by atoms with Gasteiger partial charge in [-0.2, -0.15) is 0 Å². The molecule has 1 saturated heterocycles. The molecular formula is C15H19BrN2O3. The lowest BCUT2D eigenvalue weighted by molar-refractivity contribution is -0.119. The average molecular weight is 355 g/mol. The van der Waals surface area contributed by atoms with Crippen LogP contribution in [0.1, 0.15) is 30.1 Å². The van der Waals surface area contributed by atoms with Crippen LogP contribution in [0.2, 0.25) is 0 Å². The second kappa shape index (κ2) is 6.93. The Morgan fingerprint density at radius 1 is 1.33 bits per heavy atom. The van der Waals surface area contributed by atoms with E-state index in [1.807, 2.05) is 11.0 Å². The first-order valence-electron chi connectivity index (χ1n) is 6.91. The van der Waals surface area contributed by atoms with Gasteiger partial charge in [0.05, 0.1) is 12.7 Å². The fourth-order valence-electron chi connectivity index (χ4n) is 2.53. The summed E-state index contributed by atoms with van der Waals surface area (Å²) in [6.45, 7) is 2.80.